The Morgan fingerprint density at radius 1 is 1.33 bits per heavy atom. The number of rotatable bonds is 3. The summed E-state index contributed by atoms with van der Waals surface area (Å²) < 4.78 is 14.6. The van der Waals surface area contributed by atoms with Crippen molar-refractivity contribution >= 4 is 27.3 Å². The predicted molar refractivity (Wildman–Crippen MR) is 73.8 cm³/mol. The summed E-state index contributed by atoms with van der Waals surface area (Å²) in [6, 6.07) is 4.97. The van der Waals surface area contributed by atoms with Gasteiger partial charge in [0.25, 0.3) is 5.91 Å². The summed E-state index contributed by atoms with van der Waals surface area (Å²) in [6.45, 7) is 7.06. The summed E-state index contributed by atoms with van der Waals surface area (Å²) in [5.41, 5.74) is 0.755. The van der Waals surface area contributed by atoms with E-state index in [1.54, 1.807) is 11.0 Å². The highest BCUT2D eigenvalue weighted by Gasteiger charge is 2.20. The van der Waals surface area contributed by atoms with Gasteiger partial charge in [0.15, 0.2) is 0 Å². The van der Waals surface area contributed by atoms with Crippen LogP contribution in [0.25, 0.3) is 10.1 Å². The molecule has 0 unspecified atom stereocenters. The third-order valence-electron chi connectivity index (χ3n) is 3.15. The SMILES string of the molecule is CCN(CC)C(=O)c1sc2cccc(F)c2c1C. The number of nitrogens with zero attached hydrogens (tertiary/aromatic N) is 1. The zero-order chi connectivity index (χ0) is 13.3. The Hall–Kier alpha value is -1.42. The van der Waals surface area contributed by atoms with E-state index in [2.05, 4.69) is 0 Å². The first-order valence-corrected chi connectivity index (χ1v) is 6.88. The fraction of sp³-hybridized carbons (Fsp3) is 0.357. The second-order valence-electron chi connectivity index (χ2n) is 4.15. The summed E-state index contributed by atoms with van der Waals surface area (Å²) in [5, 5.41) is 0.581. The molecule has 0 fully saturated rings. The standard InChI is InChI=1S/C14H16FNOS/c1-4-16(5-2)14(17)13-9(3)12-10(15)7-6-8-11(12)18-13/h6-8H,4-5H2,1-3H3. The number of benzene rings is 1. The molecule has 2 nitrogen and oxygen atoms in total. The molecule has 0 aliphatic carbocycles. The Labute approximate surface area is 110 Å². The highest BCUT2D eigenvalue weighted by Crippen LogP contribution is 2.33. The molecular formula is C14H16FNOS. The van der Waals surface area contributed by atoms with Crippen molar-refractivity contribution in [3.8, 4) is 0 Å². The van der Waals surface area contributed by atoms with Crippen molar-refractivity contribution in [2.24, 2.45) is 0 Å². The molecule has 0 spiro atoms. The molecule has 1 heterocycles. The molecule has 0 aliphatic rings. The molecule has 1 aromatic heterocycles. The predicted octanol–water partition coefficient (Wildman–Crippen LogP) is 3.83. The average Bonchev–Trinajstić information content (AvgIpc) is 2.69. The Balaban J connectivity index is 2.56. The van der Waals surface area contributed by atoms with Crippen molar-refractivity contribution < 1.29 is 9.18 Å². The van der Waals surface area contributed by atoms with E-state index >= 15 is 0 Å². The maximum atomic E-state index is 13.8. The van der Waals surface area contributed by atoms with Gasteiger partial charge in [-0.2, -0.15) is 0 Å². The van der Waals surface area contributed by atoms with Crippen molar-refractivity contribution in [3.05, 3.63) is 34.5 Å². The molecule has 1 aromatic carbocycles. The topological polar surface area (TPSA) is 20.3 Å². The van der Waals surface area contributed by atoms with Gasteiger partial charge in [0.2, 0.25) is 0 Å². The van der Waals surface area contributed by atoms with Crippen LogP contribution in [0.1, 0.15) is 29.1 Å². The van der Waals surface area contributed by atoms with Gasteiger partial charge in [-0.3, -0.25) is 4.79 Å². The van der Waals surface area contributed by atoms with E-state index in [-0.39, 0.29) is 11.7 Å². The summed E-state index contributed by atoms with van der Waals surface area (Å²) in [4.78, 5) is 14.7. The van der Waals surface area contributed by atoms with E-state index in [1.807, 2.05) is 26.8 Å². The van der Waals surface area contributed by atoms with Crippen molar-refractivity contribution in [1.29, 1.82) is 0 Å². The highest BCUT2D eigenvalue weighted by atomic mass is 32.1. The molecule has 0 N–H and O–H groups in total. The molecule has 0 saturated carbocycles. The first-order chi connectivity index (χ1) is 8.60. The van der Waals surface area contributed by atoms with Gasteiger partial charge in [0.05, 0.1) is 4.88 Å². The Kier molecular flexibility index (Phi) is 3.66. The second-order valence-corrected chi connectivity index (χ2v) is 5.20. The van der Waals surface area contributed by atoms with E-state index in [4.69, 9.17) is 0 Å². The van der Waals surface area contributed by atoms with Gasteiger partial charge in [-0.15, -0.1) is 11.3 Å². The third kappa shape index (κ3) is 2.01. The fourth-order valence-electron chi connectivity index (χ4n) is 2.11. The second kappa shape index (κ2) is 5.06. The Bertz CT molecular complexity index is 587. The van der Waals surface area contributed by atoms with Gasteiger partial charge < -0.3 is 4.90 Å². The molecule has 2 aromatic rings. The van der Waals surface area contributed by atoms with Crippen molar-refractivity contribution in [1.82, 2.24) is 4.90 Å². The summed E-state index contributed by atoms with van der Waals surface area (Å²) in [6.07, 6.45) is 0. The lowest BCUT2D eigenvalue weighted by Crippen LogP contribution is -2.30. The van der Waals surface area contributed by atoms with Gasteiger partial charge in [-0.1, -0.05) is 6.07 Å². The maximum Gasteiger partial charge on any atom is 0.264 e. The number of hydrogen-bond donors (Lipinski definition) is 0. The number of carbonyl (C=O) groups excluding carboxylic acids is 1. The number of fused-ring (bicyclic) bond motifs is 1. The minimum atomic E-state index is -0.250. The molecule has 0 radical (unpaired) electrons. The molecular weight excluding hydrogens is 249 g/mol. The largest absolute Gasteiger partial charge is 0.339 e. The van der Waals surface area contributed by atoms with Crippen LogP contribution in [0.2, 0.25) is 0 Å². The van der Waals surface area contributed by atoms with E-state index in [9.17, 15) is 9.18 Å². The lowest BCUT2D eigenvalue weighted by molar-refractivity contribution is 0.0777. The number of halogens is 1. The van der Waals surface area contributed by atoms with Crippen molar-refractivity contribution in [3.63, 3.8) is 0 Å². The van der Waals surface area contributed by atoms with Crippen LogP contribution in [0.5, 0.6) is 0 Å². The van der Waals surface area contributed by atoms with Crippen molar-refractivity contribution in [2.45, 2.75) is 20.8 Å². The number of hydrogen-bond acceptors (Lipinski definition) is 2. The quantitative estimate of drug-likeness (QED) is 0.826. The van der Waals surface area contributed by atoms with E-state index in [0.717, 1.165) is 10.3 Å². The van der Waals surface area contributed by atoms with Crippen LogP contribution in [0, 0.1) is 12.7 Å². The smallest absolute Gasteiger partial charge is 0.264 e. The van der Waals surface area contributed by atoms with Crippen LogP contribution < -0.4 is 0 Å². The molecule has 96 valence electrons. The van der Waals surface area contributed by atoms with Gasteiger partial charge in [-0.05, 0) is 38.5 Å². The van der Waals surface area contributed by atoms with Gasteiger partial charge in [-0.25, -0.2) is 4.39 Å². The monoisotopic (exact) mass is 265 g/mol. The first kappa shape index (κ1) is 13.0. The number of aryl methyl sites for hydroxylation is 1. The lowest BCUT2D eigenvalue weighted by Gasteiger charge is -2.17. The number of amides is 1. The summed E-state index contributed by atoms with van der Waals surface area (Å²) in [7, 11) is 0. The van der Waals surface area contributed by atoms with E-state index in [1.165, 1.54) is 17.4 Å². The summed E-state index contributed by atoms with van der Waals surface area (Å²) >= 11 is 1.37. The van der Waals surface area contributed by atoms with E-state index < -0.39 is 0 Å². The normalized spacial score (nSPS) is 10.9. The number of thiophene rings is 1. The lowest BCUT2D eigenvalue weighted by atomic mass is 10.1. The van der Waals surface area contributed by atoms with Crippen molar-refractivity contribution in [2.75, 3.05) is 13.1 Å². The van der Waals surface area contributed by atoms with Crippen LogP contribution in [0.15, 0.2) is 18.2 Å². The third-order valence-corrected chi connectivity index (χ3v) is 4.39. The van der Waals surface area contributed by atoms with Crippen LogP contribution in [0.4, 0.5) is 4.39 Å². The molecule has 18 heavy (non-hydrogen) atoms. The minimum absolute atomic E-state index is 0.00176. The number of carbonyl (C=O) groups is 1. The molecule has 0 atom stereocenters. The van der Waals surface area contributed by atoms with E-state index in [0.29, 0.717) is 23.4 Å². The Morgan fingerprint density at radius 2 is 2.00 bits per heavy atom. The van der Waals surface area contributed by atoms with Crippen LogP contribution in [-0.4, -0.2) is 23.9 Å². The molecule has 1 amide bonds. The molecule has 0 bridgehead atoms. The molecule has 4 heteroatoms. The van der Waals surface area contributed by atoms with Crippen LogP contribution >= 0.6 is 11.3 Å². The maximum absolute atomic E-state index is 13.8. The van der Waals surface area contributed by atoms with Crippen LogP contribution in [0.3, 0.4) is 0 Å². The van der Waals surface area contributed by atoms with Gasteiger partial charge >= 0.3 is 0 Å². The fourth-order valence-corrected chi connectivity index (χ4v) is 3.30. The molecule has 2 rings (SSSR count). The zero-order valence-corrected chi connectivity index (χ0v) is 11.6. The molecule has 0 aliphatic heterocycles. The van der Waals surface area contributed by atoms with Crippen LogP contribution in [-0.2, 0) is 0 Å². The first-order valence-electron chi connectivity index (χ1n) is 6.07. The highest BCUT2D eigenvalue weighted by molar-refractivity contribution is 7.21. The zero-order valence-electron chi connectivity index (χ0n) is 10.8. The molecule has 0 saturated heterocycles. The summed E-state index contributed by atoms with van der Waals surface area (Å²) in [5.74, 6) is -0.252. The van der Waals surface area contributed by atoms with Gasteiger partial charge in [0, 0.05) is 23.2 Å². The minimum Gasteiger partial charge on any atom is -0.339 e. The average molecular weight is 265 g/mol. The Morgan fingerprint density at radius 3 is 2.56 bits per heavy atom. The van der Waals surface area contributed by atoms with Gasteiger partial charge in [0.1, 0.15) is 5.82 Å².